The quantitative estimate of drug-likeness (QED) is 0.757. The molecule has 8 heteroatoms. The van der Waals surface area contributed by atoms with Crippen molar-refractivity contribution < 1.29 is 23.5 Å². The normalized spacial score (nSPS) is 23.1. The third-order valence-electron chi connectivity index (χ3n) is 5.80. The number of likely N-dealkylation sites (tertiary alicyclic amines) is 1. The Bertz CT molecular complexity index is 808. The highest BCUT2D eigenvalue weighted by atomic mass is 35.5. The van der Waals surface area contributed by atoms with Crippen molar-refractivity contribution in [2.75, 3.05) is 20.2 Å². The van der Waals surface area contributed by atoms with Crippen LogP contribution in [0.1, 0.15) is 50.5 Å². The van der Waals surface area contributed by atoms with Crippen LogP contribution in [0.5, 0.6) is 5.75 Å². The first-order valence-corrected chi connectivity index (χ1v) is 9.76. The van der Waals surface area contributed by atoms with Gasteiger partial charge in [-0.15, -0.1) is 0 Å². The summed E-state index contributed by atoms with van der Waals surface area (Å²) in [4.78, 5) is 37.6. The molecule has 0 unspecified atom stereocenters. The Morgan fingerprint density at radius 3 is 2.61 bits per heavy atom. The molecule has 0 aromatic heterocycles. The summed E-state index contributed by atoms with van der Waals surface area (Å²) in [6.07, 6.45) is 2.21. The predicted molar refractivity (Wildman–Crippen MR) is 102 cm³/mol. The lowest BCUT2D eigenvalue weighted by molar-refractivity contribution is -0.133. The van der Waals surface area contributed by atoms with Crippen LogP contribution in [0.15, 0.2) is 12.1 Å². The highest BCUT2D eigenvalue weighted by Gasteiger charge is 2.42. The fourth-order valence-corrected chi connectivity index (χ4v) is 4.15. The zero-order chi connectivity index (χ0) is 20.5. The molecule has 3 amide bonds. The number of nitrogens with one attached hydrogen (secondary N) is 1. The van der Waals surface area contributed by atoms with Crippen molar-refractivity contribution in [2.24, 2.45) is 5.41 Å². The third-order valence-corrected chi connectivity index (χ3v) is 6.07. The van der Waals surface area contributed by atoms with Crippen LogP contribution in [0.4, 0.5) is 4.39 Å². The molecule has 2 saturated heterocycles. The molecule has 152 valence electrons. The number of methoxy groups -OCH3 is 1. The maximum atomic E-state index is 13.9. The lowest BCUT2D eigenvalue weighted by Gasteiger charge is -2.33. The van der Waals surface area contributed by atoms with E-state index in [4.69, 9.17) is 16.3 Å². The third kappa shape index (κ3) is 4.14. The van der Waals surface area contributed by atoms with Gasteiger partial charge in [-0.1, -0.05) is 18.5 Å². The number of carbonyl (C=O) groups is 3. The van der Waals surface area contributed by atoms with E-state index >= 15 is 0 Å². The fourth-order valence-electron chi connectivity index (χ4n) is 3.93. The average molecular weight is 411 g/mol. The van der Waals surface area contributed by atoms with Gasteiger partial charge in [-0.3, -0.25) is 19.7 Å². The van der Waals surface area contributed by atoms with Crippen molar-refractivity contribution in [1.82, 2.24) is 10.2 Å². The summed E-state index contributed by atoms with van der Waals surface area (Å²) in [6, 6.07) is 3.29. The summed E-state index contributed by atoms with van der Waals surface area (Å²) in [5.41, 5.74) is 0.107. The summed E-state index contributed by atoms with van der Waals surface area (Å²) >= 11 is 5.96. The second-order valence-electron chi connectivity index (χ2n) is 7.79. The van der Waals surface area contributed by atoms with Crippen LogP contribution in [0.25, 0.3) is 0 Å². The summed E-state index contributed by atoms with van der Waals surface area (Å²) in [5.74, 6) is -0.865. The van der Waals surface area contributed by atoms with Gasteiger partial charge in [0.25, 0.3) is 0 Å². The van der Waals surface area contributed by atoms with E-state index in [2.05, 4.69) is 5.32 Å². The molecule has 0 spiro atoms. The van der Waals surface area contributed by atoms with Crippen molar-refractivity contribution in [2.45, 2.75) is 44.9 Å². The number of imide groups is 1. The van der Waals surface area contributed by atoms with Gasteiger partial charge < -0.3 is 9.64 Å². The molecular weight excluding hydrogens is 387 g/mol. The number of halogens is 2. The van der Waals surface area contributed by atoms with Crippen LogP contribution in [-0.2, 0) is 14.4 Å². The molecular formula is C20H24ClFN2O4. The number of rotatable bonds is 5. The van der Waals surface area contributed by atoms with Crippen LogP contribution < -0.4 is 10.1 Å². The first kappa shape index (κ1) is 20.6. The summed E-state index contributed by atoms with van der Waals surface area (Å²) in [6.45, 7) is 2.89. The Kier molecular flexibility index (Phi) is 5.93. The fraction of sp³-hybridized carbons (Fsp3) is 0.550. The van der Waals surface area contributed by atoms with Crippen molar-refractivity contribution in [3.05, 3.63) is 28.5 Å². The zero-order valence-corrected chi connectivity index (χ0v) is 16.8. The van der Waals surface area contributed by atoms with Crippen molar-refractivity contribution in [1.29, 1.82) is 0 Å². The highest BCUT2D eigenvalue weighted by molar-refractivity contribution is 6.31. The van der Waals surface area contributed by atoms with Crippen LogP contribution in [0, 0.1) is 11.2 Å². The highest BCUT2D eigenvalue weighted by Crippen LogP contribution is 2.36. The van der Waals surface area contributed by atoms with E-state index in [1.807, 2.05) is 0 Å². The lowest BCUT2D eigenvalue weighted by Crippen LogP contribution is -2.39. The van der Waals surface area contributed by atoms with Crippen molar-refractivity contribution in [3.63, 3.8) is 0 Å². The molecule has 6 nitrogen and oxygen atoms in total. The molecule has 1 aromatic carbocycles. The number of amides is 3. The van der Waals surface area contributed by atoms with Crippen LogP contribution in [-0.4, -0.2) is 42.8 Å². The molecule has 2 aliphatic rings. The lowest BCUT2D eigenvalue weighted by atomic mass is 9.83. The average Bonchev–Trinajstić information content (AvgIpc) is 2.94. The molecule has 0 aliphatic carbocycles. The molecule has 2 aliphatic heterocycles. The molecule has 1 atom stereocenters. The van der Waals surface area contributed by atoms with Crippen LogP contribution in [0.2, 0.25) is 5.02 Å². The summed E-state index contributed by atoms with van der Waals surface area (Å²) < 4.78 is 18.9. The molecule has 0 radical (unpaired) electrons. The first-order valence-electron chi connectivity index (χ1n) is 9.38. The maximum Gasteiger partial charge on any atom is 0.233 e. The van der Waals surface area contributed by atoms with E-state index in [-0.39, 0.29) is 47.3 Å². The van der Waals surface area contributed by atoms with Gasteiger partial charge in [-0.25, -0.2) is 4.39 Å². The number of nitrogens with zero attached hydrogens (tertiary/aromatic N) is 1. The second-order valence-corrected chi connectivity index (χ2v) is 8.20. The standard InChI is InChI=1S/C20H24ClFN2O4/c1-20(11-16(25)23-19(20)27)6-3-17(26)24-7-4-12(5-8-24)13-9-14(21)18(22)15(10-13)28-2/h9-10,12H,3-8,11H2,1-2H3,(H,23,25,27)/t20-/m0/s1. The van der Waals surface area contributed by atoms with Gasteiger partial charge in [0.1, 0.15) is 0 Å². The topological polar surface area (TPSA) is 75.7 Å². The van der Waals surface area contributed by atoms with E-state index < -0.39 is 11.2 Å². The molecule has 1 N–H and O–H groups in total. The van der Waals surface area contributed by atoms with E-state index in [9.17, 15) is 18.8 Å². The van der Waals surface area contributed by atoms with Crippen LogP contribution in [0.3, 0.4) is 0 Å². The maximum absolute atomic E-state index is 13.9. The number of benzene rings is 1. The SMILES string of the molecule is COc1cc(C2CCN(C(=O)CC[C@@]3(C)CC(=O)NC3=O)CC2)cc(Cl)c1F. The van der Waals surface area contributed by atoms with E-state index in [0.29, 0.717) is 19.5 Å². The molecule has 28 heavy (non-hydrogen) atoms. The van der Waals surface area contributed by atoms with Gasteiger partial charge in [0.05, 0.1) is 17.5 Å². The summed E-state index contributed by atoms with van der Waals surface area (Å²) in [5, 5.41) is 2.33. The van der Waals surface area contributed by atoms with Gasteiger partial charge in [0.15, 0.2) is 11.6 Å². The Morgan fingerprint density at radius 2 is 2.04 bits per heavy atom. The number of ether oxygens (including phenoxy) is 1. The molecule has 2 heterocycles. The number of carbonyl (C=O) groups excluding carboxylic acids is 3. The van der Waals surface area contributed by atoms with Gasteiger partial charge in [-0.2, -0.15) is 0 Å². The second kappa shape index (κ2) is 8.07. The minimum absolute atomic E-state index is 0.0125. The Morgan fingerprint density at radius 1 is 1.36 bits per heavy atom. The van der Waals surface area contributed by atoms with E-state index in [1.165, 1.54) is 7.11 Å². The Labute approximate surface area is 168 Å². The van der Waals surface area contributed by atoms with Gasteiger partial charge in [-0.05, 0) is 42.9 Å². The zero-order valence-electron chi connectivity index (χ0n) is 16.0. The minimum atomic E-state index is -0.799. The Balaban J connectivity index is 1.55. The number of hydrogen-bond donors (Lipinski definition) is 1. The van der Waals surface area contributed by atoms with E-state index in [1.54, 1.807) is 24.0 Å². The van der Waals surface area contributed by atoms with Gasteiger partial charge in [0, 0.05) is 25.9 Å². The molecule has 2 fully saturated rings. The van der Waals surface area contributed by atoms with Crippen molar-refractivity contribution in [3.8, 4) is 5.75 Å². The smallest absolute Gasteiger partial charge is 0.233 e. The molecule has 3 rings (SSSR count). The van der Waals surface area contributed by atoms with Gasteiger partial charge in [0.2, 0.25) is 17.7 Å². The van der Waals surface area contributed by atoms with Crippen LogP contribution >= 0.6 is 11.6 Å². The van der Waals surface area contributed by atoms with Gasteiger partial charge >= 0.3 is 0 Å². The number of piperidine rings is 1. The molecule has 0 bridgehead atoms. The predicted octanol–water partition coefficient (Wildman–Crippen LogP) is 3.03. The molecule has 0 saturated carbocycles. The monoisotopic (exact) mass is 410 g/mol. The van der Waals surface area contributed by atoms with Crippen molar-refractivity contribution >= 4 is 29.3 Å². The van der Waals surface area contributed by atoms with E-state index in [0.717, 1.165) is 18.4 Å². The minimum Gasteiger partial charge on any atom is -0.494 e. The largest absolute Gasteiger partial charge is 0.494 e. The number of hydrogen-bond acceptors (Lipinski definition) is 4. The first-order chi connectivity index (χ1) is 13.2. The molecule has 1 aromatic rings. The summed E-state index contributed by atoms with van der Waals surface area (Å²) in [7, 11) is 1.40. The Hall–Kier alpha value is -2.15.